The number of benzene rings is 1. The summed E-state index contributed by atoms with van der Waals surface area (Å²) in [6, 6.07) is 7.42. The van der Waals surface area contributed by atoms with Crippen LogP contribution in [-0.2, 0) is 16.1 Å². The van der Waals surface area contributed by atoms with Gasteiger partial charge in [-0.3, -0.25) is 18.6 Å². The molecule has 3 aromatic rings. The maximum atomic E-state index is 12.9. The van der Waals surface area contributed by atoms with E-state index in [0.29, 0.717) is 22.9 Å². The number of fused-ring (bicyclic) bond motifs is 3. The van der Waals surface area contributed by atoms with Crippen LogP contribution >= 0.6 is 11.8 Å². The molecule has 0 radical (unpaired) electrons. The summed E-state index contributed by atoms with van der Waals surface area (Å²) in [5.74, 6) is 0.351. The van der Waals surface area contributed by atoms with Crippen LogP contribution in [-0.4, -0.2) is 37.0 Å². The number of ether oxygens (including phenoxy) is 1. The van der Waals surface area contributed by atoms with Crippen LogP contribution in [0.3, 0.4) is 0 Å². The molecule has 2 aromatic heterocycles. The van der Waals surface area contributed by atoms with E-state index in [-0.39, 0.29) is 23.4 Å². The Bertz CT molecular complexity index is 1010. The van der Waals surface area contributed by atoms with Crippen LogP contribution in [0.2, 0.25) is 0 Å². The van der Waals surface area contributed by atoms with E-state index in [0.717, 1.165) is 24.8 Å². The fraction of sp³-hybridized carbons (Fsp3) is 0.474. The molecule has 0 fully saturated rings. The molecule has 0 aliphatic rings. The van der Waals surface area contributed by atoms with E-state index in [1.165, 1.54) is 11.8 Å². The number of carbonyl (C=O) groups is 1. The third-order valence-corrected chi connectivity index (χ3v) is 5.05. The van der Waals surface area contributed by atoms with Crippen molar-refractivity contribution in [3.05, 3.63) is 34.6 Å². The number of hydrogen-bond acceptors (Lipinski definition) is 6. The summed E-state index contributed by atoms with van der Waals surface area (Å²) in [6.45, 7) is 6.36. The number of para-hydroxylation sites is 1. The summed E-state index contributed by atoms with van der Waals surface area (Å²) in [5.41, 5.74) is 0.686. The van der Waals surface area contributed by atoms with E-state index in [9.17, 15) is 9.59 Å². The molecule has 0 atom stereocenters. The van der Waals surface area contributed by atoms with Crippen molar-refractivity contribution in [3.8, 4) is 0 Å². The summed E-state index contributed by atoms with van der Waals surface area (Å²) in [4.78, 5) is 24.8. The summed E-state index contributed by atoms with van der Waals surface area (Å²) < 4.78 is 8.72. The quantitative estimate of drug-likeness (QED) is 0.335. The fourth-order valence-electron chi connectivity index (χ4n) is 2.97. The van der Waals surface area contributed by atoms with E-state index in [4.69, 9.17) is 4.74 Å². The summed E-state index contributed by atoms with van der Waals surface area (Å²) >= 11 is 1.26. The molecule has 0 unspecified atom stereocenters. The Morgan fingerprint density at radius 2 is 2.00 bits per heavy atom. The number of thioether (sulfide) groups is 1. The van der Waals surface area contributed by atoms with Crippen LogP contribution in [0.5, 0.6) is 0 Å². The molecular weight excluding hydrogens is 364 g/mol. The van der Waals surface area contributed by atoms with Gasteiger partial charge < -0.3 is 4.74 Å². The minimum absolute atomic E-state index is 0.0580. The van der Waals surface area contributed by atoms with Gasteiger partial charge in [0.05, 0.1) is 22.8 Å². The van der Waals surface area contributed by atoms with Crippen molar-refractivity contribution < 1.29 is 9.53 Å². The minimum atomic E-state index is -0.299. The molecule has 0 bridgehead atoms. The van der Waals surface area contributed by atoms with Crippen LogP contribution in [0.4, 0.5) is 0 Å². The standard InChI is InChI=1S/C19H24N4O3S/c1-4-5-8-11-22-17(25)14-9-6-7-10-15(14)23-18(22)20-21-19(23)27-12-16(24)26-13(2)3/h6-7,9-10,13H,4-5,8,11-12H2,1-3H3. The summed E-state index contributed by atoms with van der Waals surface area (Å²) in [6.07, 6.45) is 2.87. The van der Waals surface area contributed by atoms with Crippen LogP contribution in [0.15, 0.2) is 34.2 Å². The van der Waals surface area contributed by atoms with Crippen molar-refractivity contribution in [1.29, 1.82) is 0 Å². The lowest BCUT2D eigenvalue weighted by Crippen LogP contribution is -2.23. The number of aryl methyl sites for hydroxylation is 1. The third-order valence-electron chi connectivity index (χ3n) is 4.15. The Kier molecular flexibility index (Phi) is 6.15. The second-order valence-electron chi connectivity index (χ2n) is 6.63. The Hall–Kier alpha value is -2.35. The number of aromatic nitrogens is 4. The topological polar surface area (TPSA) is 78.5 Å². The first-order valence-corrected chi connectivity index (χ1v) is 10.2. The number of hydrogen-bond donors (Lipinski definition) is 0. The largest absolute Gasteiger partial charge is 0.462 e. The zero-order valence-electron chi connectivity index (χ0n) is 15.8. The highest BCUT2D eigenvalue weighted by molar-refractivity contribution is 7.99. The zero-order valence-corrected chi connectivity index (χ0v) is 16.7. The molecule has 144 valence electrons. The Balaban J connectivity index is 2.04. The minimum Gasteiger partial charge on any atom is -0.462 e. The molecule has 1 aromatic carbocycles. The molecular formula is C19H24N4O3S. The normalized spacial score (nSPS) is 11.6. The van der Waals surface area contributed by atoms with E-state index in [1.54, 1.807) is 4.57 Å². The maximum Gasteiger partial charge on any atom is 0.316 e. The second kappa shape index (κ2) is 8.56. The van der Waals surface area contributed by atoms with Gasteiger partial charge in [0.25, 0.3) is 5.56 Å². The number of esters is 1. The fourth-order valence-corrected chi connectivity index (χ4v) is 3.69. The second-order valence-corrected chi connectivity index (χ2v) is 7.57. The van der Waals surface area contributed by atoms with Crippen LogP contribution in [0, 0.1) is 0 Å². The SMILES string of the molecule is CCCCCn1c(=O)c2ccccc2n2c(SCC(=O)OC(C)C)nnc12. The van der Waals surface area contributed by atoms with Crippen molar-refractivity contribution in [2.24, 2.45) is 0 Å². The average Bonchev–Trinajstić information content (AvgIpc) is 3.06. The smallest absolute Gasteiger partial charge is 0.316 e. The Labute approximate surface area is 161 Å². The number of carbonyl (C=O) groups excluding carboxylic acids is 1. The predicted molar refractivity (Wildman–Crippen MR) is 106 cm³/mol. The molecule has 3 rings (SSSR count). The van der Waals surface area contributed by atoms with Gasteiger partial charge in [0.1, 0.15) is 0 Å². The average molecular weight is 388 g/mol. The van der Waals surface area contributed by atoms with Crippen LogP contribution < -0.4 is 5.56 Å². The first kappa shape index (κ1) is 19.4. The van der Waals surface area contributed by atoms with E-state index in [1.807, 2.05) is 42.5 Å². The van der Waals surface area contributed by atoms with Gasteiger partial charge in [0.15, 0.2) is 5.16 Å². The highest BCUT2D eigenvalue weighted by Gasteiger charge is 2.17. The first-order chi connectivity index (χ1) is 13.0. The maximum absolute atomic E-state index is 12.9. The molecule has 0 saturated heterocycles. The highest BCUT2D eigenvalue weighted by Crippen LogP contribution is 2.22. The predicted octanol–water partition coefficient (Wildman–Crippen LogP) is 3.28. The summed E-state index contributed by atoms with van der Waals surface area (Å²) in [5, 5.41) is 9.68. The molecule has 0 aliphatic carbocycles. The van der Waals surface area contributed by atoms with E-state index < -0.39 is 0 Å². The molecule has 2 heterocycles. The van der Waals surface area contributed by atoms with Crippen molar-refractivity contribution in [2.45, 2.75) is 57.8 Å². The number of rotatable bonds is 8. The number of unbranched alkanes of at least 4 members (excludes halogenated alkanes) is 2. The highest BCUT2D eigenvalue weighted by atomic mass is 32.2. The molecule has 8 heteroatoms. The lowest BCUT2D eigenvalue weighted by molar-refractivity contribution is -0.144. The Morgan fingerprint density at radius 1 is 1.22 bits per heavy atom. The molecule has 0 saturated carbocycles. The van der Waals surface area contributed by atoms with Crippen molar-refractivity contribution in [2.75, 3.05) is 5.75 Å². The summed E-state index contributed by atoms with van der Waals surface area (Å²) in [7, 11) is 0. The van der Waals surface area contributed by atoms with E-state index in [2.05, 4.69) is 17.1 Å². The van der Waals surface area contributed by atoms with Gasteiger partial charge in [0.2, 0.25) is 5.78 Å². The van der Waals surface area contributed by atoms with Gasteiger partial charge in [-0.2, -0.15) is 0 Å². The van der Waals surface area contributed by atoms with Gasteiger partial charge >= 0.3 is 5.97 Å². The van der Waals surface area contributed by atoms with E-state index >= 15 is 0 Å². The lowest BCUT2D eigenvalue weighted by Gasteiger charge is -2.11. The van der Waals surface area contributed by atoms with Gasteiger partial charge in [0, 0.05) is 6.54 Å². The molecule has 0 N–H and O–H groups in total. The molecule has 0 amide bonds. The molecule has 7 nitrogen and oxygen atoms in total. The monoisotopic (exact) mass is 388 g/mol. The van der Waals surface area contributed by atoms with Crippen molar-refractivity contribution in [1.82, 2.24) is 19.2 Å². The van der Waals surface area contributed by atoms with Crippen molar-refractivity contribution in [3.63, 3.8) is 0 Å². The zero-order chi connectivity index (χ0) is 19.4. The van der Waals surface area contributed by atoms with Gasteiger partial charge in [-0.05, 0) is 32.4 Å². The van der Waals surface area contributed by atoms with Gasteiger partial charge in [-0.15, -0.1) is 10.2 Å². The lowest BCUT2D eigenvalue weighted by atomic mass is 10.2. The van der Waals surface area contributed by atoms with Gasteiger partial charge in [-0.1, -0.05) is 43.7 Å². The molecule has 0 aliphatic heterocycles. The van der Waals surface area contributed by atoms with Crippen molar-refractivity contribution >= 4 is 34.4 Å². The molecule has 0 spiro atoms. The third kappa shape index (κ3) is 4.16. The van der Waals surface area contributed by atoms with Crippen LogP contribution in [0.1, 0.15) is 40.0 Å². The van der Waals surface area contributed by atoms with Gasteiger partial charge in [-0.25, -0.2) is 0 Å². The number of nitrogens with zero attached hydrogens (tertiary/aromatic N) is 4. The van der Waals surface area contributed by atoms with Crippen LogP contribution in [0.25, 0.3) is 16.7 Å². The first-order valence-electron chi connectivity index (χ1n) is 9.22. The molecule has 27 heavy (non-hydrogen) atoms. The Morgan fingerprint density at radius 3 is 2.74 bits per heavy atom.